The quantitative estimate of drug-likeness (QED) is 0.489. The fraction of sp³-hybridized carbons (Fsp3) is 0.227. The van der Waals surface area contributed by atoms with Gasteiger partial charge in [-0.3, -0.25) is 4.79 Å². The van der Waals surface area contributed by atoms with Gasteiger partial charge in [-0.25, -0.2) is 14.4 Å². The molecule has 3 heterocycles. The molecule has 5 rings (SSSR count). The Morgan fingerprint density at radius 3 is 2.57 bits per heavy atom. The standard InChI is InChI=1S/C22H18FN3O2/c23-16-7-5-14(6-8-16)20(27)15-9-11-26(12-10-15)22-21-19(24-13-25-22)17-3-1-2-4-18(17)28-21/h1-8,13,15H,9-12H2. The van der Waals surface area contributed by atoms with Crippen LogP contribution >= 0.6 is 0 Å². The Morgan fingerprint density at radius 1 is 1.04 bits per heavy atom. The van der Waals surface area contributed by atoms with E-state index >= 15 is 0 Å². The zero-order valence-corrected chi connectivity index (χ0v) is 15.1. The van der Waals surface area contributed by atoms with E-state index in [9.17, 15) is 9.18 Å². The molecule has 2 aromatic carbocycles. The molecule has 1 saturated heterocycles. The number of para-hydroxylation sites is 1. The van der Waals surface area contributed by atoms with Crippen LogP contribution < -0.4 is 4.90 Å². The van der Waals surface area contributed by atoms with Crippen LogP contribution in [0.3, 0.4) is 0 Å². The minimum Gasteiger partial charge on any atom is -0.450 e. The van der Waals surface area contributed by atoms with Crippen LogP contribution in [0.2, 0.25) is 0 Å². The van der Waals surface area contributed by atoms with Crippen molar-refractivity contribution in [1.29, 1.82) is 0 Å². The first kappa shape index (κ1) is 16.9. The molecule has 28 heavy (non-hydrogen) atoms. The first-order valence-corrected chi connectivity index (χ1v) is 9.37. The predicted molar refractivity (Wildman–Crippen MR) is 105 cm³/mol. The summed E-state index contributed by atoms with van der Waals surface area (Å²) in [6, 6.07) is 13.6. The maximum atomic E-state index is 13.1. The first-order valence-electron chi connectivity index (χ1n) is 9.37. The summed E-state index contributed by atoms with van der Waals surface area (Å²) in [6.07, 6.45) is 3.01. The summed E-state index contributed by atoms with van der Waals surface area (Å²) < 4.78 is 19.1. The molecule has 4 aromatic rings. The molecule has 0 spiro atoms. The van der Waals surface area contributed by atoms with Crippen LogP contribution in [0.1, 0.15) is 23.2 Å². The average molecular weight is 375 g/mol. The van der Waals surface area contributed by atoms with Crippen molar-refractivity contribution in [2.24, 2.45) is 5.92 Å². The maximum absolute atomic E-state index is 13.1. The minimum atomic E-state index is -0.329. The number of hydrogen-bond donors (Lipinski definition) is 0. The van der Waals surface area contributed by atoms with Crippen LogP contribution in [0.25, 0.3) is 22.1 Å². The third-order valence-corrected chi connectivity index (χ3v) is 5.43. The summed E-state index contributed by atoms with van der Waals surface area (Å²) in [5.74, 6) is 0.463. The summed E-state index contributed by atoms with van der Waals surface area (Å²) in [6.45, 7) is 1.42. The fourth-order valence-corrected chi connectivity index (χ4v) is 3.94. The number of ketones is 1. The number of anilines is 1. The Morgan fingerprint density at radius 2 is 1.79 bits per heavy atom. The Hall–Kier alpha value is -3.28. The lowest BCUT2D eigenvalue weighted by molar-refractivity contribution is 0.0900. The topological polar surface area (TPSA) is 59.2 Å². The van der Waals surface area contributed by atoms with Crippen molar-refractivity contribution >= 4 is 33.7 Å². The Bertz CT molecular complexity index is 1160. The number of fused-ring (bicyclic) bond motifs is 3. The Labute approximate surface area is 160 Å². The lowest BCUT2D eigenvalue weighted by Gasteiger charge is -2.31. The van der Waals surface area contributed by atoms with Crippen LogP contribution in [0.4, 0.5) is 10.2 Å². The summed E-state index contributed by atoms with van der Waals surface area (Å²) >= 11 is 0. The van der Waals surface area contributed by atoms with Gasteiger partial charge in [0.1, 0.15) is 23.2 Å². The molecule has 0 amide bonds. The second-order valence-corrected chi connectivity index (χ2v) is 7.11. The van der Waals surface area contributed by atoms with Crippen molar-refractivity contribution in [3.05, 3.63) is 66.2 Å². The van der Waals surface area contributed by atoms with E-state index in [-0.39, 0.29) is 17.5 Å². The van der Waals surface area contributed by atoms with Crippen LogP contribution in [0, 0.1) is 11.7 Å². The molecule has 1 fully saturated rings. The fourth-order valence-electron chi connectivity index (χ4n) is 3.94. The lowest BCUT2D eigenvalue weighted by atomic mass is 9.89. The smallest absolute Gasteiger partial charge is 0.196 e. The highest BCUT2D eigenvalue weighted by Crippen LogP contribution is 2.34. The molecule has 5 nitrogen and oxygen atoms in total. The second-order valence-electron chi connectivity index (χ2n) is 7.11. The molecule has 2 aromatic heterocycles. The van der Waals surface area contributed by atoms with Crippen molar-refractivity contribution in [1.82, 2.24) is 9.97 Å². The number of carbonyl (C=O) groups is 1. The van der Waals surface area contributed by atoms with Gasteiger partial charge in [-0.05, 0) is 49.2 Å². The SMILES string of the molecule is O=C(c1ccc(F)cc1)C1CCN(c2ncnc3c2oc2ccccc23)CC1. The molecule has 0 unspecified atom stereocenters. The number of rotatable bonds is 3. The monoisotopic (exact) mass is 375 g/mol. The van der Waals surface area contributed by atoms with E-state index in [0.29, 0.717) is 24.2 Å². The van der Waals surface area contributed by atoms with Gasteiger partial charge in [-0.2, -0.15) is 0 Å². The molecular formula is C22H18FN3O2. The number of nitrogens with zero attached hydrogens (tertiary/aromatic N) is 3. The molecular weight excluding hydrogens is 357 g/mol. The van der Waals surface area contributed by atoms with Crippen molar-refractivity contribution < 1.29 is 13.6 Å². The van der Waals surface area contributed by atoms with E-state index in [1.54, 1.807) is 18.5 Å². The molecule has 0 radical (unpaired) electrons. The van der Waals surface area contributed by atoms with Gasteiger partial charge in [0, 0.05) is 30.0 Å². The van der Waals surface area contributed by atoms with Gasteiger partial charge in [0.05, 0.1) is 0 Å². The third kappa shape index (κ3) is 2.81. The Balaban J connectivity index is 1.38. The molecule has 1 aliphatic heterocycles. The highest BCUT2D eigenvalue weighted by Gasteiger charge is 2.28. The van der Waals surface area contributed by atoms with Crippen LogP contribution in [0.5, 0.6) is 0 Å². The van der Waals surface area contributed by atoms with Gasteiger partial charge in [0.25, 0.3) is 0 Å². The molecule has 0 saturated carbocycles. The molecule has 140 valence electrons. The van der Waals surface area contributed by atoms with Gasteiger partial charge in [-0.1, -0.05) is 12.1 Å². The van der Waals surface area contributed by atoms with Gasteiger partial charge in [-0.15, -0.1) is 0 Å². The van der Waals surface area contributed by atoms with E-state index in [1.165, 1.54) is 12.1 Å². The largest absolute Gasteiger partial charge is 0.450 e. The van der Waals surface area contributed by atoms with E-state index < -0.39 is 0 Å². The highest BCUT2D eigenvalue weighted by molar-refractivity contribution is 6.05. The predicted octanol–water partition coefficient (Wildman–Crippen LogP) is 4.61. The molecule has 0 bridgehead atoms. The first-order chi connectivity index (χ1) is 13.7. The van der Waals surface area contributed by atoms with Gasteiger partial charge in [0.15, 0.2) is 17.2 Å². The summed E-state index contributed by atoms with van der Waals surface area (Å²) in [5.41, 5.74) is 2.86. The maximum Gasteiger partial charge on any atom is 0.196 e. The van der Waals surface area contributed by atoms with Crippen molar-refractivity contribution in [3.63, 3.8) is 0 Å². The normalized spacial score (nSPS) is 15.4. The number of carbonyl (C=O) groups excluding carboxylic acids is 1. The zero-order chi connectivity index (χ0) is 19.1. The molecule has 0 atom stereocenters. The van der Waals surface area contributed by atoms with Gasteiger partial charge < -0.3 is 9.32 Å². The minimum absolute atomic E-state index is 0.0605. The summed E-state index contributed by atoms with van der Waals surface area (Å²) in [7, 11) is 0. The third-order valence-electron chi connectivity index (χ3n) is 5.43. The number of aromatic nitrogens is 2. The van der Waals surface area contributed by atoms with E-state index in [4.69, 9.17) is 4.42 Å². The van der Waals surface area contributed by atoms with Gasteiger partial charge >= 0.3 is 0 Å². The van der Waals surface area contributed by atoms with E-state index in [2.05, 4.69) is 14.9 Å². The Kier molecular flexibility index (Phi) is 4.04. The summed E-state index contributed by atoms with van der Waals surface area (Å²) in [5, 5.41) is 0.975. The van der Waals surface area contributed by atoms with E-state index in [0.717, 1.165) is 35.1 Å². The number of Topliss-reactive ketones (excluding diaryl/α,β-unsaturated/α-hetero) is 1. The number of benzene rings is 2. The molecule has 0 aliphatic carbocycles. The zero-order valence-electron chi connectivity index (χ0n) is 15.1. The van der Waals surface area contributed by atoms with Crippen molar-refractivity contribution in [2.75, 3.05) is 18.0 Å². The second kappa shape index (κ2) is 6.71. The molecule has 1 aliphatic rings. The van der Waals surface area contributed by atoms with Crippen LogP contribution in [0.15, 0.2) is 59.3 Å². The number of piperidine rings is 1. The summed E-state index contributed by atoms with van der Waals surface area (Å²) in [4.78, 5) is 23.7. The van der Waals surface area contributed by atoms with Gasteiger partial charge in [0.2, 0.25) is 0 Å². The van der Waals surface area contributed by atoms with Crippen molar-refractivity contribution in [2.45, 2.75) is 12.8 Å². The average Bonchev–Trinajstić information content (AvgIpc) is 3.13. The van der Waals surface area contributed by atoms with Crippen LogP contribution in [-0.4, -0.2) is 28.8 Å². The molecule has 6 heteroatoms. The highest BCUT2D eigenvalue weighted by atomic mass is 19.1. The van der Waals surface area contributed by atoms with Crippen LogP contribution in [-0.2, 0) is 0 Å². The number of furan rings is 1. The molecule has 0 N–H and O–H groups in total. The van der Waals surface area contributed by atoms with Crippen molar-refractivity contribution in [3.8, 4) is 0 Å². The number of hydrogen-bond acceptors (Lipinski definition) is 5. The number of halogens is 1. The lowest BCUT2D eigenvalue weighted by Crippen LogP contribution is -2.37. The van der Waals surface area contributed by atoms with E-state index in [1.807, 2.05) is 24.3 Å².